The van der Waals surface area contributed by atoms with Gasteiger partial charge in [0.1, 0.15) is 0 Å². The number of esters is 1. The summed E-state index contributed by atoms with van der Waals surface area (Å²) in [5.74, 6) is 0.351. The molecular weight excluding hydrogens is 424 g/mol. The first-order valence-corrected chi connectivity index (χ1v) is 10.8. The third-order valence-electron chi connectivity index (χ3n) is 5.11. The van der Waals surface area contributed by atoms with Crippen LogP contribution in [0.5, 0.6) is 0 Å². The molecule has 0 atom stereocenters. The number of benzene rings is 2. The van der Waals surface area contributed by atoms with Crippen LogP contribution in [0.1, 0.15) is 10.7 Å². The number of rotatable bonds is 5. The third kappa shape index (κ3) is 3.61. The topological polar surface area (TPSA) is 78.5 Å². The summed E-state index contributed by atoms with van der Waals surface area (Å²) in [7, 11) is 1.64. The van der Waals surface area contributed by atoms with E-state index in [-0.39, 0.29) is 12.2 Å². The van der Waals surface area contributed by atoms with Crippen molar-refractivity contribution in [2.75, 3.05) is 0 Å². The Morgan fingerprint density at radius 1 is 1.03 bits per heavy atom. The van der Waals surface area contributed by atoms with Gasteiger partial charge in [-0.3, -0.25) is 13.8 Å². The van der Waals surface area contributed by atoms with Crippen molar-refractivity contribution in [3.8, 4) is 10.4 Å². The number of para-hydroxylation sites is 1. The molecule has 8 heteroatoms. The first kappa shape index (κ1) is 19.9. The van der Waals surface area contributed by atoms with Gasteiger partial charge in [0.25, 0.3) is 5.56 Å². The van der Waals surface area contributed by atoms with E-state index in [0.29, 0.717) is 22.5 Å². The summed E-state index contributed by atoms with van der Waals surface area (Å²) < 4.78 is 8.56. The fraction of sp³-hybridized carbons (Fsp3) is 0.0833. The number of carbonyl (C=O) groups excluding carboxylic acids is 1. The molecule has 0 bridgehead atoms. The number of hydrogen-bond acceptors (Lipinski definition) is 6. The Balaban J connectivity index is 1.34. The molecule has 7 nitrogen and oxygen atoms in total. The van der Waals surface area contributed by atoms with Crippen molar-refractivity contribution in [1.82, 2.24) is 19.2 Å². The number of aromatic nitrogens is 4. The highest BCUT2D eigenvalue weighted by molar-refractivity contribution is 7.16. The second-order valence-corrected chi connectivity index (χ2v) is 8.26. The molecule has 32 heavy (non-hydrogen) atoms. The third-order valence-corrected chi connectivity index (χ3v) is 6.20. The zero-order valence-corrected chi connectivity index (χ0v) is 18.0. The summed E-state index contributed by atoms with van der Waals surface area (Å²) in [6.45, 7) is -0.0633. The van der Waals surface area contributed by atoms with Crippen molar-refractivity contribution in [1.29, 1.82) is 0 Å². The molecule has 3 heterocycles. The van der Waals surface area contributed by atoms with E-state index in [2.05, 4.69) is 22.3 Å². The molecule has 3 aromatic heterocycles. The molecule has 0 saturated heterocycles. The van der Waals surface area contributed by atoms with Crippen LogP contribution in [0.4, 0.5) is 0 Å². The van der Waals surface area contributed by atoms with Crippen LogP contribution < -0.4 is 5.56 Å². The van der Waals surface area contributed by atoms with Crippen LogP contribution in [0.2, 0.25) is 0 Å². The molecule has 0 aliphatic heterocycles. The van der Waals surface area contributed by atoms with Gasteiger partial charge in [-0.2, -0.15) is 0 Å². The lowest BCUT2D eigenvalue weighted by atomic mass is 10.2. The number of carbonyl (C=O) groups is 1. The molecule has 0 saturated carbocycles. The molecule has 0 fully saturated rings. The quantitative estimate of drug-likeness (QED) is 0.303. The van der Waals surface area contributed by atoms with Gasteiger partial charge in [0, 0.05) is 22.9 Å². The summed E-state index contributed by atoms with van der Waals surface area (Å²) in [5.41, 5.74) is 1.65. The molecule has 158 valence electrons. The Bertz CT molecular complexity index is 1530. The standard InChI is InChI=1S/C24H18N4O3S/c1-27-23(30)18-9-5-6-10-19(18)28-21(25-26-24(27)28)15-31-22(29)14-12-17-11-13-20(32-17)16-7-3-2-4-8-16/h2-14H,15H2,1H3/b14-12+. The van der Waals surface area contributed by atoms with E-state index in [1.165, 1.54) is 10.6 Å². The second kappa shape index (κ2) is 8.24. The molecule has 0 aliphatic rings. The van der Waals surface area contributed by atoms with Gasteiger partial charge in [-0.25, -0.2) is 4.79 Å². The van der Waals surface area contributed by atoms with Crippen LogP contribution in [0.25, 0.3) is 33.2 Å². The van der Waals surface area contributed by atoms with Crippen LogP contribution in [0.3, 0.4) is 0 Å². The smallest absolute Gasteiger partial charge is 0.331 e. The maximum absolute atomic E-state index is 12.5. The second-order valence-electron chi connectivity index (χ2n) is 7.14. The molecule has 0 radical (unpaired) electrons. The molecule has 5 aromatic rings. The Hall–Kier alpha value is -4.04. The van der Waals surface area contributed by atoms with E-state index in [9.17, 15) is 9.59 Å². The van der Waals surface area contributed by atoms with Gasteiger partial charge in [-0.15, -0.1) is 21.5 Å². The van der Waals surface area contributed by atoms with Crippen molar-refractivity contribution in [2.24, 2.45) is 7.05 Å². The highest BCUT2D eigenvalue weighted by atomic mass is 32.1. The minimum atomic E-state index is -0.481. The Labute approximate surface area is 186 Å². The van der Waals surface area contributed by atoms with E-state index < -0.39 is 5.97 Å². The maximum atomic E-state index is 12.5. The summed E-state index contributed by atoms with van der Waals surface area (Å²) >= 11 is 1.60. The lowest BCUT2D eigenvalue weighted by molar-refractivity contribution is -0.139. The minimum Gasteiger partial charge on any atom is -0.454 e. The van der Waals surface area contributed by atoms with Crippen molar-refractivity contribution in [3.63, 3.8) is 0 Å². The number of aryl methyl sites for hydroxylation is 1. The highest BCUT2D eigenvalue weighted by Crippen LogP contribution is 2.28. The molecule has 0 spiro atoms. The van der Waals surface area contributed by atoms with Crippen LogP contribution in [0.15, 0.2) is 77.6 Å². The van der Waals surface area contributed by atoms with E-state index in [1.54, 1.807) is 41.0 Å². The summed E-state index contributed by atoms with van der Waals surface area (Å²) in [6, 6.07) is 21.3. The summed E-state index contributed by atoms with van der Waals surface area (Å²) in [5, 5.41) is 8.77. The van der Waals surface area contributed by atoms with Crippen molar-refractivity contribution in [3.05, 3.63) is 93.9 Å². The predicted octanol–water partition coefficient (Wildman–Crippen LogP) is 4.07. The first-order valence-electron chi connectivity index (χ1n) is 9.93. The number of nitrogens with zero attached hydrogens (tertiary/aromatic N) is 4. The Morgan fingerprint density at radius 2 is 1.81 bits per heavy atom. The van der Waals surface area contributed by atoms with Gasteiger partial charge in [0.05, 0.1) is 10.9 Å². The fourth-order valence-corrected chi connectivity index (χ4v) is 4.44. The summed E-state index contributed by atoms with van der Waals surface area (Å²) in [6.07, 6.45) is 3.14. The number of thiophene rings is 1. The van der Waals surface area contributed by atoms with Gasteiger partial charge in [-0.1, -0.05) is 42.5 Å². The highest BCUT2D eigenvalue weighted by Gasteiger charge is 2.15. The summed E-state index contributed by atoms with van der Waals surface area (Å²) in [4.78, 5) is 26.9. The van der Waals surface area contributed by atoms with Crippen LogP contribution in [0, 0.1) is 0 Å². The van der Waals surface area contributed by atoms with E-state index in [0.717, 1.165) is 15.3 Å². The monoisotopic (exact) mass is 442 g/mol. The lowest BCUT2D eigenvalue weighted by Crippen LogP contribution is -2.20. The van der Waals surface area contributed by atoms with Gasteiger partial charge >= 0.3 is 5.97 Å². The van der Waals surface area contributed by atoms with Crippen molar-refractivity contribution in [2.45, 2.75) is 6.61 Å². The lowest BCUT2D eigenvalue weighted by Gasteiger charge is -2.07. The van der Waals surface area contributed by atoms with E-state index in [4.69, 9.17) is 4.74 Å². The van der Waals surface area contributed by atoms with Gasteiger partial charge in [0.15, 0.2) is 12.4 Å². The van der Waals surface area contributed by atoms with E-state index >= 15 is 0 Å². The largest absolute Gasteiger partial charge is 0.454 e. The molecule has 0 aliphatic carbocycles. The van der Waals surface area contributed by atoms with E-state index in [1.807, 2.05) is 42.5 Å². The van der Waals surface area contributed by atoms with Gasteiger partial charge < -0.3 is 4.74 Å². The average Bonchev–Trinajstić information content (AvgIpc) is 3.48. The number of ether oxygens (including phenoxy) is 1. The number of hydrogen-bond donors (Lipinski definition) is 0. The molecule has 0 unspecified atom stereocenters. The maximum Gasteiger partial charge on any atom is 0.331 e. The Morgan fingerprint density at radius 3 is 2.66 bits per heavy atom. The minimum absolute atomic E-state index is 0.0633. The molecule has 0 amide bonds. The van der Waals surface area contributed by atoms with Crippen LogP contribution >= 0.6 is 11.3 Å². The zero-order valence-electron chi connectivity index (χ0n) is 17.1. The zero-order chi connectivity index (χ0) is 22.1. The molecule has 5 rings (SSSR count). The Kier molecular flexibility index (Phi) is 5.12. The predicted molar refractivity (Wildman–Crippen MR) is 124 cm³/mol. The van der Waals surface area contributed by atoms with Crippen molar-refractivity contribution < 1.29 is 9.53 Å². The van der Waals surface area contributed by atoms with Crippen LogP contribution in [-0.4, -0.2) is 25.1 Å². The average molecular weight is 443 g/mol. The molecular formula is C24H18N4O3S. The van der Waals surface area contributed by atoms with Gasteiger partial charge in [-0.05, 0) is 35.9 Å². The SMILES string of the molecule is Cn1c(=O)c2ccccc2n2c(COC(=O)/C=C/c3ccc(-c4ccccc4)s3)nnc12. The number of fused-ring (bicyclic) bond motifs is 3. The normalized spacial score (nSPS) is 11.5. The van der Waals surface area contributed by atoms with Crippen LogP contribution in [-0.2, 0) is 23.2 Å². The fourth-order valence-electron chi connectivity index (χ4n) is 3.52. The molecule has 0 N–H and O–H groups in total. The first-order chi connectivity index (χ1) is 15.6. The van der Waals surface area contributed by atoms with Crippen molar-refractivity contribution >= 4 is 40.1 Å². The molecule has 2 aromatic carbocycles. The van der Waals surface area contributed by atoms with Gasteiger partial charge in [0.2, 0.25) is 5.78 Å².